The van der Waals surface area contributed by atoms with Crippen LogP contribution in [0.15, 0.2) is 24.5 Å². The van der Waals surface area contributed by atoms with E-state index < -0.39 is 11.0 Å². The molecule has 1 aliphatic heterocycles. The number of esters is 1. The summed E-state index contributed by atoms with van der Waals surface area (Å²) in [4.78, 5) is 12.3. The molecular weight excluding hydrogens is 228 g/mol. The summed E-state index contributed by atoms with van der Waals surface area (Å²) in [5, 5.41) is 0. The Balaban J connectivity index is 2.39. The van der Waals surface area contributed by atoms with Crippen molar-refractivity contribution in [1.82, 2.24) is 0 Å². The number of hydrogen-bond acceptors (Lipinski definition) is 3. The molecule has 0 N–H and O–H groups in total. The van der Waals surface area contributed by atoms with Crippen LogP contribution in [0.1, 0.15) is 45.4 Å². The first kappa shape index (κ1) is 13.2. The SMILES string of the molecule is C=CCC[C@@]12CCCC[C@]1(C(=O)OC)C=C(C)O2. The smallest absolute Gasteiger partial charge is 0.319 e. The highest BCUT2D eigenvalue weighted by Gasteiger charge is 2.61. The van der Waals surface area contributed by atoms with Crippen molar-refractivity contribution in [3.8, 4) is 0 Å². The maximum atomic E-state index is 12.3. The van der Waals surface area contributed by atoms with Gasteiger partial charge in [-0.3, -0.25) is 4.79 Å². The highest BCUT2D eigenvalue weighted by Crippen LogP contribution is 2.56. The molecule has 3 heteroatoms. The number of hydrogen-bond donors (Lipinski definition) is 0. The highest BCUT2D eigenvalue weighted by atomic mass is 16.5. The van der Waals surface area contributed by atoms with Gasteiger partial charge >= 0.3 is 5.97 Å². The van der Waals surface area contributed by atoms with Gasteiger partial charge in [0.1, 0.15) is 11.0 Å². The molecule has 2 atom stereocenters. The molecule has 0 spiro atoms. The molecule has 0 unspecified atom stereocenters. The second-order valence-electron chi connectivity index (χ2n) is 5.35. The van der Waals surface area contributed by atoms with Gasteiger partial charge in [-0.05, 0) is 45.1 Å². The van der Waals surface area contributed by atoms with Crippen molar-refractivity contribution in [1.29, 1.82) is 0 Å². The Labute approximate surface area is 109 Å². The van der Waals surface area contributed by atoms with Crippen molar-refractivity contribution in [2.45, 2.75) is 51.0 Å². The summed E-state index contributed by atoms with van der Waals surface area (Å²) >= 11 is 0. The molecule has 0 aromatic carbocycles. The molecule has 1 heterocycles. The van der Waals surface area contributed by atoms with Gasteiger partial charge in [0, 0.05) is 0 Å². The van der Waals surface area contributed by atoms with Crippen LogP contribution in [-0.2, 0) is 14.3 Å². The van der Waals surface area contributed by atoms with E-state index in [2.05, 4.69) is 6.58 Å². The molecule has 1 aliphatic carbocycles. The van der Waals surface area contributed by atoms with Crippen LogP contribution in [0.3, 0.4) is 0 Å². The Bertz CT molecular complexity index is 385. The monoisotopic (exact) mass is 250 g/mol. The Morgan fingerprint density at radius 2 is 2.28 bits per heavy atom. The van der Waals surface area contributed by atoms with Crippen molar-refractivity contribution < 1.29 is 14.3 Å². The molecule has 1 fully saturated rings. The molecular formula is C15H22O3. The minimum Gasteiger partial charge on any atom is -0.491 e. The van der Waals surface area contributed by atoms with E-state index in [1.165, 1.54) is 7.11 Å². The molecule has 3 nitrogen and oxygen atoms in total. The first-order valence-electron chi connectivity index (χ1n) is 6.68. The maximum absolute atomic E-state index is 12.3. The normalized spacial score (nSPS) is 34.2. The van der Waals surface area contributed by atoms with Crippen LogP contribution < -0.4 is 0 Å². The minimum atomic E-state index is -0.576. The lowest BCUT2D eigenvalue weighted by Gasteiger charge is -2.45. The second kappa shape index (κ2) is 4.79. The third kappa shape index (κ3) is 1.76. The number of allylic oxidation sites excluding steroid dienone is 2. The largest absolute Gasteiger partial charge is 0.491 e. The lowest BCUT2D eigenvalue weighted by atomic mass is 9.62. The van der Waals surface area contributed by atoms with Crippen LogP contribution in [0.25, 0.3) is 0 Å². The van der Waals surface area contributed by atoms with Crippen LogP contribution in [0.2, 0.25) is 0 Å². The molecule has 0 bridgehead atoms. The molecule has 2 aliphatic rings. The Morgan fingerprint density at radius 3 is 2.94 bits per heavy atom. The molecule has 1 saturated carbocycles. The molecule has 2 rings (SSSR count). The predicted octanol–water partition coefficient (Wildman–Crippen LogP) is 3.36. The summed E-state index contributed by atoms with van der Waals surface area (Å²) in [6, 6.07) is 0. The third-order valence-corrected chi connectivity index (χ3v) is 4.32. The van der Waals surface area contributed by atoms with Crippen LogP contribution in [-0.4, -0.2) is 18.7 Å². The third-order valence-electron chi connectivity index (χ3n) is 4.32. The summed E-state index contributed by atoms with van der Waals surface area (Å²) in [6.07, 6.45) is 9.48. The summed E-state index contributed by atoms with van der Waals surface area (Å²) in [7, 11) is 1.46. The van der Waals surface area contributed by atoms with Gasteiger partial charge in [-0.15, -0.1) is 6.58 Å². The van der Waals surface area contributed by atoms with Gasteiger partial charge in [-0.25, -0.2) is 0 Å². The van der Waals surface area contributed by atoms with Gasteiger partial charge in [0.05, 0.1) is 12.9 Å². The van der Waals surface area contributed by atoms with E-state index >= 15 is 0 Å². The van der Waals surface area contributed by atoms with Crippen LogP contribution >= 0.6 is 0 Å². The number of methoxy groups -OCH3 is 1. The molecule has 0 aromatic rings. The molecule has 0 radical (unpaired) electrons. The summed E-state index contributed by atoms with van der Waals surface area (Å²) < 4.78 is 11.2. The molecule has 0 saturated heterocycles. The molecule has 18 heavy (non-hydrogen) atoms. The Hall–Kier alpha value is -1.25. The molecule has 100 valence electrons. The van der Waals surface area contributed by atoms with Crippen molar-refractivity contribution in [2.75, 3.05) is 7.11 Å². The van der Waals surface area contributed by atoms with Gasteiger partial charge < -0.3 is 9.47 Å². The van der Waals surface area contributed by atoms with E-state index in [0.717, 1.165) is 44.3 Å². The van der Waals surface area contributed by atoms with Crippen LogP contribution in [0.5, 0.6) is 0 Å². The second-order valence-corrected chi connectivity index (χ2v) is 5.35. The van der Waals surface area contributed by atoms with Crippen molar-refractivity contribution in [2.24, 2.45) is 5.41 Å². The van der Waals surface area contributed by atoms with Gasteiger partial charge in [0.2, 0.25) is 0 Å². The fraction of sp³-hybridized carbons (Fsp3) is 0.667. The highest BCUT2D eigenvalue weighted by molar-refractivity contribution is 5.82. The molecule has 0 amide bonds. The van der Waals surface area contributed by atoms with Crippen LogP contribution in [0, 0.1) is 5.41 Å². The Morgan fingerprint density at radius 1 is 1.56 bits per heavy atom. The number of fused-ring (bicyclic) bond motifs is 1. The van der Waals surface area contributed by atoms with E-state index in [9.17, 15) is 4.79 Å². The summed E-state index contributed by atoms with van der Waals surface area (Å²) in [5.41, 5.74) is -0.982. The van der Waals surface area contributed by atoms with E-state index in [1.54, 1.807) is 0 Å². The zero-order chi connectivity index (χ0) is 13.2. The lowest BCUT2D eigenvalue weighted by molar-refractivity contribution is -0.169. The predicted molar refractivity (Wildman–Crippen MR) is 69.9 cm³/mol. The average Bonchev–Trinajstić information content (AvgIpc) is 2.68. The number of rotatable bonds is 4. The minimum absolute atomic E-state index is 0.150. The average molecular weight is 250 g/mol. The topological polar surface area (TPSA) is 35.5 Å². The van der Waals surface area contributed by atoms with Gasteiger partial charge in [0.25, 0.3) is 0 Å². The number of carbonyl (C=O) groups excluding carboxylic acids is 1. The maximum Gasteiger partial charge on any atom is 0.319 e. The van der Waals surface area contributed by atoms with E-state index in [4.69, 9.17) is 9.47 Å². The van der Waals surface area contributed by atoms with Crippen molar-refractivity contribution in [3.05, 3.63) is 24.5 Å². The van der Waals surface area contributed by atoms with Gasteiger partial charge in [-0.2, -0.15) is 0 Å². The van der Waals surface area contributed by atoms with Crippen molar-refractivity contribution >= 4 is 5.97 Å². The van der Waals surface area contributed by atoms with Gasteiger partial charge in [-0.1, -0.05) is 12.5 Å². The van der Waals surface area contributed by atoms with E-state index in [1.807, 2.05) is 19.1 Å². The standard InChI is InChI=1S/C15H22O3/c1-4-5-9-15-10-7-6-8-14(15,13(16)17-3)11-12(2)18-15/h4,11H,1,5-10H2,2-3H3/t14-,15-/m1/s1. The van der Waals surface area contributed by atoms with Crippen molar-refractivity contribution in [3.63, 3.8) is 0 Å². The summed E-state index contributed by atoms with van der Waals surface area (Å²) in [6.45, 7) is 5.70. The van der Waals surface area contributed by atoms with E-state index in [-0.39, 0.29) is 5.97 Å². The first-order valence-corrected chi connectivity index (χ1v) is 6.68. The Kier molecular flexibility index (Phi) is 3.51. The zero-order valence-electron chi connectivity index (χ0n) is 11.3. The summed E-state index contributed by atoms with van der Waals surface area (Å²) in [5.74, 6) is 0.703. The quantitative estimate of drug-likeness (QED) is 0.567. The zero-order valence-corrected chi connectivity index (χ0v) is 11.3. The van der Waals surface area contributed by atoms with Gasteiger partial charge in [0.15, 0.2) is 0 Å². The number of ether oxygens (including phenoxy) is 2. The fourth-order valence-corrected chi connectivity index (χ4v) is 3.56. The number of carbonyl (C=O) groups is 1. The first-order chi connectivity index (χ1) is 8.60. The lowest BCUT2D eigenvalue weighted by Crippen LogP contribution is -2.53. The molecule has 0 aromatic heterocycles. The van der Waals surface area contributed by atoms with E-state index in [0.29, 0.717) is 0 Å². The van der Waals surface area contributed by atoms with Crippen LogP contribution in [0.4, 0.5) is 0 Å². The fourth-order valence-electron chi connectivity index (χ4n) is 3.56.